The zero-order chi connectivity index (χ0) is 34.4. The number of rotatable bonds is 2. The summed E-state index contributed by atoms with van der Waals surface area (Å²) in [6.07, 6.45) is 4.00. The van der Waals surface area contributed by atoms with Crippen LogP contribution in [0.15, 0.2) is 140 Å². The molecule has 0 unspecified atom stereocenters. The Bertz CT molecular complexity index is 2590. The van der Waals surface area contributed by atoms with E-state index in [1.807, 2.05) is 12.4 Å². The van der Waals surface area contributed by atoms with Gasteiger partial charge in [-0.25, -0.2) is 0 Å². The molecule has 50 heavy (non-hydrogen) atoms. The molecule has 0 bridgehead atoms. The first-order chi connectivity index (χ1) is 24.0. The number of aromatic nitrogens is 1. The molecule has 0 radical (unpaired) electrons. The summed E-state index contributed by atoms with van der Waals surface area (Å²) in [7, 11) is 0. The molecule has 0 fully saturated rings. The summed E-state index contributed by atoms with van der Waals surface area (Å²) in [5.74, 6) is 0. The van der Waals surface area contributed by atoms with Crippen molar-refractivity contribution < 1.29 is 0 Å². The number of benzene rings is 8. The van der Waals surface area contributed by atoms with Crippen LogP contribution in [-0.4, -0.2) is 4.98 Å². The van der Waals surface area contributed by atoms with E-state index in [4.69, 9.17) is 4.98 Å². The normalized spacial score (nSPS) is 12.6. The van der Waals surface area contributed by atoms with Gasteiger partial charge in [0.05, 0.1) is 0 Å². The van der Waals surface area contributed by atoms with Crippen molar-refractivity contribution in [1.82, 2.24) is 4.98 Å². The second-order valence-corrected chi connectivity index (χ2v) is 16.1. The van der Waals surface area contributed by atoms with Gasteiger partial charge in [-0.05, 0) is 128 Å². The molecule has 0 aliphatic carbocycles. The Kier molecular flexibility index (Phi) is 6.71. The number of pyridine rings is 1. The van der Waals surface area contributed by atoms with E-state index < -0.39 is 0 Å². The van der Waals surface area contributed by atoms with Crippen molar-refractivity contribution in [2.45, 2.75) is 52.4 Å². The Morgan fingerprint density at radius 3 is 0.980 bits per heavy atom. The first-order valence-corrected chi connectivity index (χ1v) is 17.8. The summed E-state index contributed by atoms with van der Waals surface area (Å²) < 4.78 is 0. The molecule has 1 nitrogen and oxygen atoms in total. The van der Waals surface area contributed by atoms with E-state index in [9.17, 15) is 0 Å². The lowest BCUT2D eigenvalue weighted by Crippen LogP contribution is -2.10. The fraction of sp³-hybridized carbons (Fsp3) is 0.163. The molecule has 0 atom stereocenters. The molecule has 0 aliphatic heterocycles. The maximum atomic E-state index is 4.79. The Morgan fingerprint density at radius 1 is 0.300 bits per heavy atom. The Labute approximate surface area is 294 Å². The molecule has 0 N–H and O–H groups in total. The highest BCUT2D eigenvalue weighted by atomic mass is 14.6. The average molecular weight is 644 g/mol. The quantitative estimate of drug-likeness (QED) is 0.171. The summed E-state index contributed by atoms with van der Waals surface area (Å²) in [4.78, 5) is 4.79. The van der Waals surface area contributed by atoms with Gasteiger partial charge < -0.3 is 0 Å². The highest BCUT2D eigenvalue weighted by Crippen LogP contribution is 2.41. The van der Waals surface area contributed by atoms with E-state index in [-0.39, 0.29) is 10.8 Å². The zero-order valence-corrected chi connectivity index (χ0v) is 29.7. The van der Waals surface area contributed by atoms with E-state index in [0.717, 1.165) is 11.1 Å². The van der Waals surface area contributed by atoms with E-state index in [0.29, 0.717) is 0 Å². The lowest BCUT2D eigenvalue weighted by molar-refractivity contribution is 0.591. The van der Waals surface area contributed by atoms with E-state index in [1.165, 1.54) is 86.9 Å². The summed E-state index contributed by atoms with van der Waals surface area (Å²) in [6.45, 7) is 13.7. The van der Waals surface area contributed by atoms with Crippen LogP contribution in [0.5, 0.6) is 0 Å². The number of hydrogen-bond donors (Lipinski definition) is 0. The minimum atomic E-state index is 0.0915. The van der Waals surface area contributed by atoms with Gasteiger partial charge in [0.15, 0.2) is 0 Å². The SMILES string of the molecule is CC(C)(C)c1ccc2c3ccc(-c4cncc(-c5ccc6c7ccc(C(C)(C)C)cc7c7ccccc7c6c5)c4)cc3c3ccccc3c2c1. The average Bonchev–Trinajstić information content (AvgIpc) is 3.13. The standard InChI is InChI=1S/C49H41N/c1-48(2,3)34-17-21-42-40-19-15-30(24-44(40)36-11-7-9-13-38(36)46(42)26-34)32-23-33(29-50-28-32)31-16-20-41-43-22-18-35(49(4,5)6)27-47(43)39-14-10-8-12-37(39)45(41)25-31/h7-29H,1-6H3. The fourth-order valence-corrected chi connectivity index (χ4v) is 7.96. The maximum absolute atomic E-state index is 4.79. The first-order valence-electron chi connectivity index (χ1n) is 17.8. The molecule has 0 aliphatic rings. The third kappa shape index (κ3) is 4.87. The zero-order valence-electron chi connectivity index (χ0n) is 29.7. The van der Waals surface area contributed by atoms with Crippen molar-refractivity contribution in [3.63, 3.8) is 0 Å². The second-order valence-electron chi connectivity index (χ2n) is 16.1. The molecule has 8 aromatic carbocycles. The Balaban J connectivity index is 1.19. The molecule has 0 saturated heterocycles. The fourth-order valence-electron chi connectivity index (χ4n) is 7.96. The second kappa shape index (κ2) is 11.0. The van der Waals surface area contributed by atoms with Gasteiger partial charge in [-0.15, -0.1) is 0 Å². The molecule has 0 spiro atoms. The highest BCUT2D eigenvalue weighted by molar-refractivity contribution is 6.27. The van der Waals surface area contributed by atoms with Gasteiger partial charge in [0, 0.05) is 23.5 Å². The molecule has 9 rings (SSSR count). The molecule has 0 amide bonds. The highest BCUT2D eigenvalue weighted by Gasteiger charge is 2.18. The molecule has 242 valence electrons. The van der Waals surface area contributed by atoms with Gasteiger partial charge in [-0.3, -0.25) is 4.98 Å². The summed E-state index contributed by atoms with van der Waals surface area (Å²) >= 11 is 0. The van der Waals surface area contributed by atoms with Gasteiger partial charge >= 0.3 is 0 Å². The topological polar surface area (TPSA) is 12.9 Å². The monoisotopic (exact) mass is 643 g/mol. The molecular weight excluding hydrogens is 603 g/mol. The molecule has 0 saturated carbocycles. The van der Waals surface area contributed by atoms with E-state index >= 15 is 0 Å². The summed E-state index contributed by atoms with van der Waals surface area (Å²) in [5, 5.41) is 15.6. The first kappa shape index (κ1) is 30.5. The van der Waals surface area contributed by atoms with Gasteiger partial charge in [0.25, 0.3) is 0 Å². The van der Waals surface area contributed by atoms with Gasteiger partial charge in [0.2, 0.25) is 0 Å². The van der Waals surface area contributed by atoms with Crippen molar-refractivity contribution in [3.05, 3.63) is 151 Å². The van der Waals surface area contributed by atoms with Crippen LogP contribution in [0.4, 0.5) is 0 Å². The van der Waals surface area contributed by atoms with Crippen LogP contribution >= 0.6 is 0 Å². The molecule has 1 heterocycles. The Morgan fingerprint density at radius 2 is 0.620 bits per heavy atom. The van der Waals surface area contributed by atoms with Crippen LogP contribution in [0.25, 0.3) is 86.9 Å². The van der Waals surface area contributed by atoms with Crippen molar-refractivity contribution in [2.24, 2.45) is 0 Å². The largest absolute Gasteiger partial charge is 0.263 e. The van der Waals surface area contributed by atoms with E-state index in [2.05, 4.69) is 169 Å². The maximum Gasteiger partial charge on any atom is 0.0346 e. The van der Waals surface area contributed by atoms with Crippen molar-refractivity contribution in [3.8, 4) is 22.3 Å². The van der Waals surface area contributed by atoms with Gasteiger partial charge in [-0.1, -0.05) is 139 Å². The third-order valence-electron chi connectivity index (χ3n) is 10.8. The Hall–Kier alpha value is -5.53. The predicted molar refractivity (Wildman–Crippen MR) is 218 cm³/mol. The van der Waals surface area contributed by atoms with Gasteiger partial charge in [0.1, 0.15) is 0 Å². The smallest absolute Gasteiger partial charge is 0.0346 e. The lowest BCUT2D eigenvalue weighted by atomic mass is 9.84. The van der Waals surface area contributed by atoms with Crippen molar-refractivity contribution in [2.75, 3.05) is 0 Å². The van der Waals surface area contributed by atoms with Crippen LogP contribution in [0, 0.1) is 0 Å². The molecular formula is C49H41N. The number of fused-ring (bicyclic) bond motifs is 12. The molecule has 1 heteroatoms. The van der Waals surface area contributed by atoms with Crippen LogP contribution in [-0.2, 0) is 10.8 Å². The minimum absolute atomic E-state index is 0.0915. The third-order valence-corrected chi connectivity index (χ3v) is 10.8. The predicted octanol–water partition coefficient (Wildman–Crippen LogP) is 13.9. The molecule has 9 aromatic rings. The van der Waals surface area contributed by atoms with E-state index in [1.54, 1.807) is 0 Å². The number of hydrogen-bond acceptors (Lipinski definition) is 1. The number of nitrogens with zero attached hydrogens (tertiary/aromatic N) is 1. The van der Waals surface area contributed by atoms with Crippen LogP contribution in [0.2, 0.25) is 0 Å². The summed E-state index contributed by atoms with van der Waals surface area (Å²) in [5.41, 5.74) is 7.49. The van der Waals surface area contributed by atoms with Crippen molar-refractivity contribution >= 4 is 64.6 Å². The van der Waals surface area contributed by atoms with Gasteiger partial charge in [-0.2, -0.15) is 0 Å². The minimum Gasteiger partial charge on any atom is -0.263 e. The molecule has 1 aromatic heterocycles. The summed E-state index contributed by atoms with van der Waals surface area (Å²) in [6, 6.07) is 47.9. The van der Waals surface area contributed by atoms with Crippen LogP contribution in [0.1, 0.15) is 52.7 Å². The van der Waals surface area contributed by atoms with Crippen molar-refractivity contribution in [1.29, 1.82) is 0 Å². The van der Waals surface area contributed by atoms with Crippen LogP contribution < -0.4 is 0 Å². The van der Waals surface area contributed by atoms with Crippen LogP contribution in [0.3, 0.4) is 0 Å². The lowest BCUT2D eigenvalue weighted by Gasteiger charge is -2.21.